The minimum atomic E-state index is -4.78. The lowest BCUT2D eigenvalue weighted by atomic mass is 9.91. The van der Waals surface area contributed by atoms with Gasteiger partial charge in [0.2, 0.25) is 0 Å². The number of para-hydroxylation sites is 1. The summed E-state index contributed by atoms with van der Waals surface area (Å²) in [5.41, 5.74) is 1.06. The monoisotopic (exact) mass is 603 g/mol. The Morgan fingerprint density at radius 2 is 1.93 bits per heavy atom. The van der Waals surface area contributed by atoms with Crippen molar-refractivity contribution >= 4 is 28.5 Å². The number of alkyl halides is 3. The Kier molecular flexibility index (Phi) is 7.99. The van der Waals surface area contributed by atoms with Gasteiger partial charge < -0.3 is 10.1 Å². The van der Waals surface area contributed by atoms with E-state index in [1.165, 1.54) is 35.9 Å². The highest BCUT2D eigenvalue weighted by Crippen LogP contribution is 2.47. The zero-order valence-corrected chi connectivity index (χ0v) is 23.3. The molecule has 1 aliphatic heterocycles. The standard InChI is InChI=1S/C30H24F3N7O2S/c31-30(32,33)27-25(42-22-4-2-1-3-5-22)7-6-23(26(27)19-10-14-40(15-11-19)17-21-9-13-35-39-21)37-28(41)24-18-43-29(38-24)20-8-12-34-36-16-20/h1-10,12-13,16,18H,11,14-15,17H2,(H,35,39)(H,37,41). The highest BCUT2D eigenvalue weighted by molar-refractivity contribution is 7.13. The second-order valence-corrected chi connectivity index (χ2v) is 10.6. The molecule has 0 radical (unpaired) electrons. The normalized spacial score (nSPS) is 13.9. The number of aromatic nitrogens is 5. The van der Waals surface area contributed by atoms with Crippen LogP contribution in [0.2, 0.25) is 0 Å². The number of aromatic amines is 1. The maximum absolute atomic E-state index is 14.9. The molecule has 0 aliphatic carbocycles. The van der Waals surface area contributed by atoms with Crippen LogP contribution in [0.25, 0.3) is 16.1 Å². The van der Waals surface area contributed by atoms with E-state index in [0.717, 1.165) is 5.69 Å². The van der Waals surface area contributed by atoms with Crippen LogP contribution < -0.4 is 10.1 Å². The number of carbonyl (C=O) groups excluding carboxylic acids is 1. The minimum Gasteiger partial charge on any atom is -0.457 e. The molecule has 9 nitrogen and oxygen atoms in total. The topological polar surface area (TPSA) is 109 Å². The fraction of sp³-hybridized carbons (Fsp3) is 0.167. The Bertz CT molecular complexity index is 1740. The average molecular weight is 604 g/mol. The lowest BCUT2D eigenvalue weighted by Crippen LogP contribution is -2.29. The summed E-state index contributed by atoms with van der Waals surface area (Å²) in [5.74, 6) is -0.721. The molecular weight excluding hydrogens is 579 g/mol. The van der Waals surface area contributed by atoms with Gasteiger partial charge in [-0.1, -0.05) is 24.3 Å². The number of nitrogens with zero attached hydrogens (tertiary/aromatic N) is 5. The molecule has 0 bridgehead atoms. The number of halogens is 3. The van der Waals surface area contributed by atoms with Gasteiger partial charge in [0.25, 0.3) is 5.91 Å². The first-order valence-corrected chi connectivity index (χ1v) is 14.1. The van der Waals surface area contributed by atoms with E-state index >= 15 is 0 Å². The van der Waals surface area contributed by atoms with Gasteiger partial charge >= 0.3 is 6.18 Å². The number of amides is 1. The Morgan fingerprint density at radius 3 is 2.63 bits per heavy atom. The van der Waals surface area contributed by atoms with Crippen LogP contribution in [0.1, 0.15) is 33.7 Å². The van der Waals surface area contributed by atoms with Crippen LogP contribution in [-0.2, 0) is 12.7 Å². The van der Waals surface area contributed by atoms with Crippen molar-refractivity contribution in [2.75, 3.05) is 18.4 Å². The van der Waals surface area contributed by atoms with E-state index in [1.54, 1.807) is 54.1 Å². The highest BCUT2D eigenvalue weighted by atomic mass is 32.1. The number of benzene rings is 2. The molecule has 218 valence electrons. The summed E-state index contributed by atoms with van der Waals surface area (Å²) in [4.78, 5) is 19.8. The maximum Gasteiger partial charge on any atom is 0.420 e. The number of ether oxygens (including phenoxy) is 1. The Balaban J connectivity index is 1.37. The number of rotatable bonds is 8. The predicted octanol–water partition coefficient (Wildman–Crippen LogP) is 6.68. The van der Waals surface area contributed by atoms with Crippen LogP contribution in [0.3, 0.4) is 0 Å². The predicted molar refractivity (Wildman–Crippen MR) is 156 cm³/mol. The molecule has 1 amide bonds. The van der Waals surface area contributed by atoms with Gasteiger partial charge in [-0.3, -0.25) is 14.8 Å². The van der Waals surface area contributed by atoms with E-state index in [-0.39, 0.29) is 28.4 Å². The molecule has 13 heteroatoms. The molecule has 5 aromatic rings. The van der Waals surface area contributed by atoms with Crippen LogP contribution in [-0.4, -0.2) is 49.3 Å². The molecule has 0 fully saturated rings. The fourth-order valence-corrected chi connectivity index (χ4v) is 5.60. The van der Waals surface area contributed by atoms with Gasteiger partial charge in [-0.25, -0.2) is 4.98 Å². The molecule has 6 rings (SSSR count). The zero-order valence-electron chi connectivity index (χ0n) is 22.5. The Morgan fingerprint density at radius 1 is 1.07 bits per heavy atom. The van der Waals surface area contributed by atoms with Crippen molar-refractivity contribution in [1.29, 1.82) is 0 Å². The van der Waals surface area contributed by atoms with Crippen molar-refractivity contribution < 1.29 is 22.7 Å². The van der Waals surface area contributed by atoms with Crippen molar-refractivity contribution in [3.05, 3.63) is 107 Å². The van der Waals surface area contributed by atoms with Gasteiger partial charge in [-0.05, 0) is 48.4 Å². The molecule has 0 saturated heterocycles. The molecule has 0 saturated carbocycles. The molecule has 2 N–H and O–H groups in total. The van der Waals surface area contributed by atoms with E-state index in [4.69, 9.17) is 4.74 Å². The number of H-pyrrole nitrogens is 1. The van der Waals surface area contributed by atoms with Crippen LogP contribution in [0.4, 0.5) is 18.9 Å². The second kappa shape index (κ2) is 12.2. The van der Waals surface area contributed by atoms with Gasteiger partial charge in [-0.15, -0.1) is 11.3 Å². The van der Waals surface area contributed by atoms with Crippen LogP contribution in [0.5, 0.6) is 11.5 Å². The average Bonchev–Trinajstić information content (AvgIpc) is 3.72. The van der Waals surface area contributed by atoms with E-state index in [9.17, 15) is 18.0 Å². The largest absolute Gasteiger partial charge is 0.457 e. The number of carbonyl (C=O) groups is 1. The smallest absolute Gasteiger partial charge is 0.420 e. The van der Waals surface area contributed by atoms with Crippen molar-refractivity contribution in [3.8, 4) is 22.1 Å². The number of hydrogen-bond donors (Lipinski definition) is 2. The minimum absolute atomic E-state index is 0.0196. The van der Waals surface area contributed by atoms with Crippen molar-refractivity contribution in [3.63, 3.8) is 0 Å². The van der Waals surface area contributed by atoms with Gasteiger partial charge in [-0.2, -0.15) is 28.5 Å². The van der Waals surface area contributed by atoms with Crippen molar-refractivity contribution in [2.45, 2.75) is 19.1 Å². The highest BCUT2D eigenvalue weighted by Gasteiger charge is 2.40. The molecular formula is C30H24F3N7O2S. The number of anilines is 1. The molecule has 43 heavy (non-hydrogen) atoms. The molecule has 0 unspecified atom stereocenters. The summed E-state index contributed by atoms with van der Waals surface area (Å²) in [7, 11) is 0. The van der Waals surface area contributed by atoms with Crippen LogP contribution >= 0.6 is 11.3 Å². The first-order chi connectivity index (χ1) is 20.8. The molecule has 0 spiro atoms. The first-order valence-electron chi connectivity index (χ1n) is 13.3. The van der Waals surface area contributed by atoms with E-state index < -0.39 is 17.6 Å². The summed E-state index contributed by atoms with van der Waals surface area (Å²) in [6.45, 7) is 1.50. The SMILES string of the molecule is O=C(Nc1ccc(Oc2ccccc2)c(C(F)(F)F)c1C1=CCN(Cc2ccn[nH]2)CC1)c1csc(-c2ccnnc2)n1. The molecule has 3 aromatic heterocycles. The van der Waals surface area contributed by atoms with E-state index in [2.05, 4.69) is 35.6 Å². The Hall–Kier alpha value is -4.88. The van der Waals surface area contributed by atoms with Crippen molar-refractivity contribution in [1.82, 2.24) is 30.3 Å². The quantitative estimate of drug-likeness (QED) is 0.204. The molecule has 4 heterocycles. The fourth-order valence-electron chi connectivity index (χ4n) is 4.81. The van der Waals surface area contributed by atoms with E-state index in [1.807, 2.05) is 6.07 Å². The van der Waals surface area contributed by atoms with Crippen molar-refractivity contribution in [2.24, 2.45) is 0 Å². The van der Waals surface area contributed by atoms with Gasteiger partial charge in [0.1, 0.15) is 27.8 Å². The summed E-state index contributed by atoms with van der Waals surface area (Å²) < 4.78 is 50.3. The van der Waals surface area contributed by atoms with Crippen LogP contribution in [0.15, 0.2) is 84.6 Å². The second-order valence-electron chi connectivity index (χ2n) is 9.69. The third-order valence-corrected chi connectivity index (χ3v) is 7.70. The lowest BCUT2D eigenvalue weighted by Gasteiger charge is -2.29. The number of hydrogen-bond acceptors (Lipinski definition) is 8. The summed E-state index contributed by atoms with van der Waals surface area (Å²) in [6, 6.07) is 14.5. The number of thiazole rings is 1. The summed E-state index contributed by atoms with van der Waals surface area (Å²) in [5, 5.41) is 19.2. The third kappa shape index (κ3) is 6.47. The summed E-state index contributed by atoms with van der Waals surface area (Å²) >= 11 is 1.22. The number of nitrogens with one attached hydrogen (secondary N) is 2. The summed E-state index contributed by atoms with van der Waals surface area (Å²) in [6.07, 6.45) is 1.99. The molecule has 0 atom stereocenters. The van der Waals surface area contributed by atoms with Gasteiger partial charge in [0.15, 0.2) is 0 Å². The zero-order chi connectivity index (χ0) is 29.8. The third-order valence-electron chi connectivity index (χ3n) is 6.80. The van der Waals surface area contributed by atoms with Crippen LogP contribution in [0, 0.1) is 0 Å². The first kappa shape index (κ1) is 28.2. The van der Waals surface area contributed by atoms with Gasteiger partial charge in [0, 0.05) is 53.7 Å². The molecule has 2 aromatic carbocycles. The van der Waals surface area contributed by atoms with E-state index in [0.29, 0.717) is 42.2 Å². The molecule has 1 aliphatic rings. The van der Waals surface area contributed by atoms with Gasteiger partial charge in [0.05, 0.1) is 12.4 Å². The lowest BCUT2D eigenvalue weighted by molar-refractivity contribution is -0.138. The Labute approximate surface area is 248 Å². The maximum atomic E-state index is 14.9.